The van der Waals surface area contributed by atoms with Gasteiger partial charge in [0.25, 0.3) is 5.69 Å². The van der Waals surface area contributed by atoms with E-state index < -0.39 is 11.0 Å². The molecule has 1 aliphatic rings. The molecular weight excluding hydrogens is 288 g/mol. The highest BCUT2D eigenvalue weighted by molar-refractivity contribution is 5.85. The Kier molecular flexibility index (Phi) is 3.50. The molecule has 1 aliphatic carbocycles. The molecule has 3 rings (SSSR count). The standard InChI is InChI=1S/C14H14N4O4/c1-17-13(8-12(16-17)9-2-3-9)15-14(19)22-11-6-4-10(5-7-11)18(20)21/h4-9H,2-3H2,1H3,(H,15,19). The van der Waals surface area contributed by atoms with Crippen molar-refractivity contribution in [3.8, 4) is 5.75 Å². The lowest BCUT2D eigenvalue weighted by molar-refractivity contribution is -0.384. The average molecular weight is 302 g/mol. The van der Waals surface area contributed by atoms with E-state index in [-0.39, 0.29) is 11.4 Å². The number of anilines is 1. The normalized spacial score (nSPS) is 13.7. The predicted octanol–water partition coefficient (Wildman–Crippen LogP) is 2.82. The molecule has 0 atom stereocenters. The summed E-state index contributed by atoms with van der Waals surface area (Å²) in [5.74, 6) is 1.27. The fourth-order valence-electron chi connectivity index (χ4n) is 2.06. The van der Waals surface area contributed by atoms with Crippen LogP contribution in [0.25, 0.3) is 0 Å². The molecule has 1 aromatic carbocycles. The summed E-state index contributed by atoms with van der Waals surface area (Å²) >= 11 is 0. The molecule has 22 heavy (non-hydrogen) atoms. The Balaban J connectivity index is 1.63. The van der Waals surface area contributed by atoms with Gasteiger partial charge in [0.15, 0.2) is 0 Å². The molecule has 8 nitrogen and oxygen atoms in total. The van der Waals surface area contributed by atoms with Crippen LogP contribution in [0.2, 0.25) is 0 Å². The van der Waals surface area contributed by atoms with Crippen molar-refractivity contribution in [3.63, 3.8) is 0 Å². The third-order valence-corrected chi connectivity index (χ3v) is 3.38. The second kappa shape index (κ2) is 5.47. The van der Waals surface area contributed by atoms with Gasteiger partial charge in [-0.3, -0.25) is 20.1 Å². The van der Waals surface area contributed by atoms with E-state index >= 15 is 0 Å². The van der Waals surface area contributed by atoms with Gasteiger partial charge < -0.3 is 4.74 Å². The maximum absolute atomic E-state index is 11.8. The van der Waals surface area contributed by atoms with E-state index in [9.17, 15) is 14.9 Å². The minimum atomic E-state index is -0.667. The van der Waals surface area contributed by atoms with Crippen LogP contribution >= 0.6 is 0 Å². The Labute approximate surface area is 125 Å². The van der Waals surface area contributed by atoms with Crippen LogP contribution in [0.3, 0.4) is 0 Å². The molecule has 1 heterocycles. The smallest absolute Gasteiger partial charge is 0.410 e. The molecular formula is C14H14N4O4. The summed E-state index contributed by atoms with van der Waals surface area (Å²) in [6, 6.07) is 7.12. The van der Waals surface area contributed by atoms with Gasteiger partial charge in [-0.1, -0.05) is 0 Å². The van der Waals surface area contributed by atoms with Gasteiger partial charge in [0.05, 0.1) is 10.6 Å². The molecule has 0 spiro atoms. The molecule has 1 N–H and O–H groups in total. The number of amides is 1. The van der Waals surface area contributed by atoms with Crippen molar-refractivity contribution >= 4 is 17.6 Å². The molecule has 0 saturated heterocycles. The van der Waals surface area contributed by atoms with Gasteiger partial charge in [0, 0.05) is 31.2 Å². The molecule has 8 heteroatoms. The Morgan fingerprint density at radius 2 is 2.09 bits per heavy atom. The van der Waals surface area contributed by atoms with E-state index in [0.29, 0.717) is 11.7 Å². The first-order valence-corrected chi connectivity index (χ1v) is 6.80. The molecule has 2 aromatic rings. The average Bonchev–Trinajstić information content (AvgIpc) is 3.25. The molecule has 1 amide bonds. The van der Waals surface area contributed by atoms with E-state index in [0.717, 1.165) is 18.5 Å². The zero-order valence-electron chi connectivity index (χ0n) is 11.9. The van der Waals surface area contributed by atoms with Gasteiger partial charge >= 0.3 is 6.09 Å². The molecule has 0 radical (unpaired) electrons. The van der Waals surface area contributed by atoms with Crippen LogP contribution in [0, 0.1) is 10.1 Å². The number of nitro groups is 1. The monoisotopic (exact) mass is 302 g/mol. The number of aromatic nitrogens is 2. The predicted molar refractivity (Wildman–Crippen MR) is 77.9 cm³/mol. The molecule has 0 aliphatic heterocycles. The molecule has 0 unspecified atom stereocenters. The number of nitrogens with zero attached hydrogens (tertiary/aromatic N) is 3. The highest BCUT2D eigenvalue weighted by Crippen LogP contribution is 2.39. The Hall–Kier alpha value is -2.90. The fourth-order valence-corrected chi connectivity index (χ4v) is 2.06. The SMILES string of the molecule is Cn1nc(C2CC2)cc1NC(=O)Oc1ccc([N+](=O)[O-])cc1. The largest absolute Gasteiger partial charge is 0.418 e. The van der Waals surface area contributed by atoms with Crippen LogP contribution in [0.4, 0.5) is 16.3 Å². The number of aryl methyl sites for hydroxylation is 1. The molecule has 1 aromatic heterocycles. The number of ether oxygens (including phenoxy) is 1. The number of carbonyl (C=O) groups excluding carboxylic acids is 1. The van der Waals surface area contributed by atoms with Crippen molar-refractivity contribution in [1.82, 2.24) is 9.78 Å². The van der Waals surface area contributed by atoms with Crippen LogP contribution in [-0.4, -0.2) is 20.8 Å². The minimum absolute atomic E-state index is 0.0616. The Morgan fingerprint density at radius 3 is 2.68 bits per heavy atom. The number of non-ortho nitro benzene ring substituents is 1. The molecule has 114 valence electrons. The fraction of sp³-hybridized carbons (Fsp3) is 0.286. The maximum atomic E-state index is 11.8. The first-order valence-electron chi connectivity index (χ1n) is 6.80. The second-order valence-corrected chi connectivity index (χ2v) is 5.12. The summed E-state index contributed by atoms with van der Waals surface area (Å²) in [5.41, 5.74) is 0.904. The summed E-state index contributed by atoms with van der Waals surface area (Å²) in [6.07, 6.45) is 1.59. The number of hydrogen-bond acceptors (Lipinski definition) is 5. The first-order chi connectivity index (χ1) is 10.5. The van der Waals surface area contributed by atoms with Gasteiger partial charge in [-0.25, -0.2) is 4.79 Å². The summed E-state index contributed by atoms with van der Waals surface area (Å²) in [6.45, 7) is 0. The van der Waals surface area contributed by atoms with Gasteiger partial charge in [0.2, 0.25) is 0 Å². The van der Waals surface area contributed by atoms with E-state index in [1.807, 2.05) is 6.07 Å². The van der Waals surface area contributed by atoms with Crippen LogP contribution in [0.1, 0.15) is 24.5 Å². The van der Waals surface area contributed by atoms with Gasteiger partial charge in [0.1, 0.15) is 11.6 Å². The molecule has 1 fully saturated rings. The summed E-state index contributed by atoms with van der Waals surface area (Å²) in [7, 11) is 1.74. The Morgan fingerprint density at radius 1 is 1.41 bits per heavy atom. The van der Waals surface area contributed by atoms with Crippen molar-refractivity contribution in [1.29, 1.82) is 0 Å². The number of nitro benzene ring substituents is 1. The van der Waals surface area contributed by atoms with Gasteiger partial charge in [-0.2, -0.15) is 5.10 Å². The quantitative estimate of drug-likeness (QED) is 0.691. The zero-order chi connectivity index (χ0) is 15.7. The van der Waals surface area contributed by atoms with Crippen molar-refractivity contribution in [2.45, 2.75) is 18.8 Å². The summed E-state index contributed by atoms with van der Waals surface area (Å²) in [5, 5.41) is 17.5. The number of rotatable bonds is 4. The van der Waals surface area contributed by atoms with Crippen LogP contribution < -0.4 is 10.1 Å². The second-order valence-electron chi connectivity index (χ2n) is 5.12. The highest BCUT2D eigenvalue weighted by atomic mass is 16.6. The van der Waals surface area contributed by atoms with Crippen LogP contribution in [0.5, 0.6) is 5.75 Å². The third kappa shape index (κ3) is 3.05. The lowest BCUT2D eigenvalue weighted by Gasteiger charge is -2.06. The number of carbonyl (C=O) groups is 1. The number of hydrogen-bond donors (Lipinski definition) is 1. The van der Waals surface area contributed by atoms with Gasteiger partial charge in [-0.15, -0.1) is 0 Å². The van der Waals surface area contributed by atoms with Crippen LogP contribution in [0.15, 0.2) is 30.3 Å². The van der Waals surface area contributed by atoms with E-state index in [2.05, 4.69) is 10.4 Å². The lowest BCUT2D eigenvalue weighted by Crippen LogP contribution is -2.18. The molecule has 1 saturated carbocycles. The maximum Gasteiger partial charge on any atom is 0.418 e. The topological polar surface area (TPSA) is 99.3 Å². The lowest BCUT2D eigenvalue weighted by atomic mass is 10.3. The third-order valence-electron chi connectivity index (χ3n) is 3.38. The van der Waals surface area contributed by atoms with Crippen molar-refractivity contribution in [2.24, 2.45) is 7.05 Å². The first kappa shape index (κ1) is 14.1. The summed E-state index contributed by atoms with van der Waals surface area (Å²) < 4.78 is 6.67. The molecule has 0 bridgehead atoms. The summed E-state index contributed by atoms with van der Waals surface area (Å²) in [4.78, 5) is 21.9. The minimum Gasteiger partial charge on any atom is -0.410 e. The van der Waals surface area contributed by atoms with Crippen molar-refractivity contribution in [3.05, 3.63) is 46.1 Å². The highest BCUT2D eigenvalue weighted by Gasteiger charge is 2.27. The van der Waals surface area contributed by atoms with E-state index in [1.54, 1.807) is 11.7 Å². The van der Waals surface area contributed by atoms with Gasteiger partial charge in [-0.05, 0) is 25.0 Å². The zero-order valence-corrected chi connectivity index (χ0v) is 11.9. The Bertz CT molecular complexity index is 719. The number of nitrogens with one attached hydrogen (secondary N) is 1. The van der Waals surface area contributed by atoms with E-state index in [1.165, 1.54) is 24.3 Å². The van der Waals surface area contributed by atoms with Crippen molar-refractivity contribution in [2.75, 3.05) is 5.32 Å². The van der Waals surface area contributed by atoms with Crippen LogP contribution in [-0.2, 0) is 7.05 Å². The van der Waals surface area contributed by atoms with Crippen molar-refractivity contribution < 1.29 is 14.5 Å². The van der Waals surface area contributed by atoms with E-state index in [4.69, 9.17) is 4.74 Å². The number of benzene rings is 1.